The second-order valence-electron chi connectivity index (χ2n) is 4.55. The van der Waals surface area contributed by atoms with Crippen LogP contribution in [-0.4, -0.2) is 47.9 Å². The molecule has 106 valence electrons. The summed E-state index contributed by atoms with van der Waals surface area (Å²) in [4.78, 5) is 13.9. The number of hydrogen-bond acceptors (Lipinski definition) is 3. The molecule has 1 amide bonds. The highest BCUT2D eigenvalue weighted by Crippen LogP contribution is 2.08. The molecule has 0 bridgehead atoms. The monoisotopic (exact) mass is 273 g/mol. The van der Waals surface area contributed by atoms with Crippen LogP contribution in [0.15, 0.2) is 42.6 Å². The van der Waals surface area contributed by atoms with Crippen LogP contribution in [-0.2, 0) is 4.74 Å². The molecule has 0 atom stereocenters. The second kappa shape index (κ2) is 6.86. The quantitative estimate of drug-likeness (QED) is 0.756. The zero-order chi connectivity index (χ0) is 14.4. The van der Waals surface area contributed by atoms with Gasteiger partial charge in [-0.05, 0) is 24.6 Å². The van der Waals surface area contributed by atoms with Gasteiger partial charge in [0.15, 0.2) is 5.69 Å². The minimum absolute atomic E-state index is 0.0733. The van der Waals surface area contributed by atoms with Crippen molar-refractivity contribution in [2.24, 2.45) is 0 Å². The van der Waals surface area contributed by atoms with E-state index in [2.05, 4.69) is 5.10 Å². The Kier molecular flexibility index (Phi) is 4.90. The van der Waals surface area contributed by atoms with Crippen molar-refractivity contribution < 1.29 is 9.53 Å². The highest BCUT2D eigenvalue weighted by Gasteiger charge is 2.14. The van der Waals surface area contributed by atoms with Crippen molar-refractivity contribution in [3.05, 3.63) is 48.3 Å². The Hall–Kier alpha value is -2.14. The van der Waals surface area contributed by atoms with E-state index >= 15 is 0 Å². The molecule has 0 spiro atoms. The lowest BCUT2D eigenvalue weighted by Gasteiger charge is -2.15. The van der Waals surface area contributed by atoms with Crippen LogP contribution in [0, 0.1) is 0 Å². The average Bonchev–Trinajstić information content (AvgIpc) is 2.97. The molecule has 2 aromatic rings. The number of amides is 1. The van der Waals surface area contributed by atoms with Gasteiger partial charge in [-0.2, -0.15) is 5.10 Å². The Morgan fingerprint density at radius 2 is 2.05 bits per heavy atom. The average molecular weight is 273 g/mol. The first-order chi connectivity index (χ1) is 9.72. The number of carbonyl (C=O) groups is 1. The van der Waals surface area contributed by atoms with Crippen LogP contribution in [0.1, 0.15) is 16.9 Å². The van der Waals surface area contributed by atoms with E-state index in [1.54, 1.807) is 36.0 Å². The SMILES string of the molecule is COCCCN(C)C(=O)c1ccn(-c2ccccc2)n1. The molecule has 20 heavy (non-hydrogen) atoms. The Balaban J connectivity index is 2.03. The second-order valence-corrected chi connectivity index (χ2v) is 4.55. The number of methoxy groups -OCH3 is 1. The number of carbonyl (C=O) groups excluding carboxylic acids is 1. The molecule has 0 unspecified atom stereocenters. The molecule has 5 heteroatoms. The minimum Gasteiger partial charge on any atom is -0.385 e. The zero-order valence-electron chi connectivity index (χ0n) is 11.8. The molecule has 0 aliphatic carbocycles. The molecule has 0 saturated carbocycles. The predicted molar refractivity (Wildman–Crippen MR) is 77.0 cm³/mol. The number of rotatable bonds is 6. The van der Waals surface area contributed by atoms with E-state index in [4.69, 9.17) is 4.74 Å². The van der Waals surface area contributed by atoms with E-state index in [-0.39, 0.29) is 5.91 Å². The highest BCUT2D eigenvalue weighted by atomic mass is 16.5. The Labute approximate surface area is 118 Å². The summed E-state index contributed by atoms with van der Waals surface area (Å²) in [6.07, 6.45) is 2.61. The van der Waals surface area contributed by atoms with Gasteiger partial charge < -0.3 is 9.64 Å². The van der Waals surface area contributed by atoms with Crippen LogP contribution in [0.5, 0.6) is 0 Å². The summed E-state index contributed by atoms with van der Waals surface area (Å²) >= 11 is 0. The zero-order valence-corrected chi connectivity index (χ0v) is 11.8. The lowest BCUT2D eigenvalue weighted by atomic mass is 10.3. The van der Waals surface area contributed by atoms with E-state index in [0.717, 1.165) is 12.1 Å². The fourth-order valence-electron chi connectivity index (χ4n) is 1.91. The van der Waals surface area contributed by atoms with E-state index in [9.17, 15) is 4.79 Å². The van der Waals surface area contributed by atoms with Crippen molar-refractivity contribution in [2.45, 2.75) is 6.42 Å². The largest absolute Gasteiger partial charge is 0.385 e. The van der Waals surface area contributed by atoms with Crippen molar-refractivity contribution >= 4 is 5.91 Å². The molecule has 0 aliphatic rings. The number of nitrogens with zero attached hydrogens (tertiary/aromatic N) is 3. The third kappa shape index (κ3) is 3.45. The van der Waals surface area contributed by atoms with E-state index < -0.39 is 0 Å². The fourth-order valence-corrected chi connectivity index (χ4v) is 1.91. The summed E-state index contributed by atoms with van der Waals surface area (Å²) in [6, 6.07) is 11.5. The van der Waals surface area contributed by atoms with Crippen LogP contribution in [0.2, 0.25) is 0 Å². The van der Waals surface area contributed by atoms with Crippen LogP contribution < -0.4 is 0 Å². The number of benzene rings is 1. The summed E-state index contributed by atoms with van der Waals surface area (Å²) in [5, 5.41) is 4.32. The topological polar surface area (TPSA) is 47.4 Å². The molecule has 1 aromatic carbocycles. The van der Waals surface area contributed by atoms with E-state index in [0.29, 0.717) is 18.8 Å². The van der Waals surface area contributed by atoms with Gasteiger partial charge in [0.2, 0.25) is 0 Å². The maximum absolute atomic E-state index is 12.2. The van der Waals surface area contributed by atoms with E-state index in [1.165, 1.54) is 0 Å². The molecule has 1 heterocycles. The predicted octanol–water partition coefficient (Wildman–Crippen LogP) is 1.98. The van der Waals surface area contributed by atoms with Crippen LogP contribution in [0.3, 0.4) is 0 Å². The molecule has 2 rings (SSSR count). The maximum Gasteiger partial charge on any atom is 0.274 e. The molecule has 0 radical (unpaired) electrons. The standard InChI is InChI=1S/C15H19N3O2/c1-17(10-6-12-20-2)15(19)14-9-11-18(16-14)13-7-4-3-5-8-13/h3-5,7-9,11H,6,10,12H2,1-2H3. The molecule has 0 saturated heterocycles. The van der Waals surface area contributed by atoms with Crippen molar-refractivity contribution in [1.29, 1.82) is 0 Å². The Morgan fingerprint density at radius 1 is 1.30 bits per heavy atom. The third-order valence-corrected chi connectivity index (χ3v) is 3.02. The van der Waals surface area contributed by atoms with Gasteiger partial charge in [-0.25, -0.2) is 4.68 Å². The summed E-state index contributed by atoms with van der Waals surface area (Å²) in [5.41, 5.74) is 1.39. The van der Waals surface area contributed by atoms with Crippen molar-refractivity contribution in [1.82, 2.24) is 14.7 Å². The molecule has 5 nitrogen and oxygen atoms in total. The maximum atomic E-state index is 12.2. The van der Waals surface area contributed by atoms with Gasteiger partial charge in [0.25, 0.3) is 5.91 Å². The summed E-state index contributed by atoms with van der Waals surface area (Å²) < 4.78 is 6.69. The normalized spacial score (nSPS) is 10.5. The first-order valence-electron chi connectivity index (χ1n) is 6.58. The molecular weight excluding hydrogens is 254 g/mol. The fraction of sp³-hybridized carbons (Fsp3) is 0.333. The van der Waals surface area contributed by atoms with Gasteiger partial charge in [-0.3, -0.25) is 4.79 Å². The summed E-state index contributed by atoms with van der Waals surface area (Å²) in [7, 11) is 3.43. The number of para-hydroxylation sites is 1. The Bertz CT molecular complexity index is 551. The van der Waals surface area contributed by atoms with Gasteiger partial charge in [-0.15, -0.1) is 0 Å². The number of hydrogen-bond donors (Lipinski definition) is 0. The lowest BCUT2D eigenvalue weighted by Crippen LogP contribution is -2.28. The van der Waals surface area contributed by atoms with E-state index in [1.807, 2.05) is 30.3 Å². The third-order valence-electron chi connectivity index (χ3n) is 3.02. The van der Waals surface area contributed by atoms with Gasteiger partial charge in [0.1, 0.15) is 0 Å². The molecule has 0 aliphatic heterocycles. The minimum atomic E-state index is -0.0733. The van der Waals surface area contributed by atoms with Crippen LogP contribution in [0.25, 0.3) is 5.69 Å². The molecule has 1 aromatic heterocycles. The van der Waals surface area contributed by atoms with Crippen LogP contribution in [0.4, 0.5) is 0 Å². The highest BCUT2D eigenvalue weighted by molar-refractivity contribution is 5.92. The summed E-state index contributed by atoms with van der Waals surface area (Å²) in [5.74, 6) is -0.0733. The molecule has 0 N–H and O–H groups in total. The van der Waals surface area contributed by atoms with Crippen molar-refractivity contribution in [3.8, 4) is 5.69 Å². The van der Waals surface area contributed by atoms with Crippen molar-refractivity contribution in [3.63, 3.8) is 0 Å². The number of aromatic nitrogens is 2. The van der Waals surface area contributed by atoms with Crippen molar-refractivity contribution in [2.75, 3.05) is 27.3 Å². The summed E-state index contributed by atoms with van der Waals surface area (Å²) in [6.45, 7) is 1.31. The smallest absolute Gasteiger partial charge is 0.274 e. The molecular formula is C15H19N3O2. The van der Waals surface area contributed by atoms with Gasteiger partial charge in [0.05, 0.1) is 5.69 Å². The number of ether oxygens (including phenoxy) is 1. The lowest BCUT2D eigenvalue weighted by molar-refractivity contribution is 0.0773. The molecule has 0 fully saturated rings. The first-order valence-corrected chi connectivity index (χ1v) is 6.58. The Morgan fingerprint density at radius 3 is 2.75 bits per heavy atom. The van der Waals surface area contributed by atoms with Gasteiger partial charge >= 0.3 is 0 Å². The van der Waals surface area contributed by atoms with Gasteiger partial charge in [0, 0.05) is 33.5 Å². The van der Waals surface area contributed by atoms with Crippen LogP contribution >= 0.6 is 0 Å². The van der Waals surface area contributed by atoms with Gasteiger partial charge in [-0.1, -0.05) is 18.2 Å². The first kappa shape index (κ1) is 14.3.